The summed E-state index contributed by atoms with van der Waals surface area (Å²) in [6, 6.07) is 12.2. The van der Waals surface area contributed by atoms with Crippen molar-refractivity contribution in [3.8, 4) is 11.3 Å². The van der Waals surface area contributed by atoms with Gasteiger partial charge in [-0.1, -0.05) is 52.0 Å². The van der Waals surface area contributed by atoms with Crippen LogP contribution < -0.4 is 0 Å². The predicted molar refractivity (Wildman–Crippen MR) is 128 cm³/mol. The third-order valence-electron chi connectivity index (χ3n) is 7.33. The van der Waals surface area contributed by atoms with E-state index in [1.165, 1.54) is 43.9 Å². The van der Waals surface area contributed by atoms with Crippen molar-refractivity contribution < 1.29 is 9.21 Å². The molecule has 1 aromatic heterocycles. The maximum absolute atomic E-state index is 13.4. The molecular weight excluding hydrogens is 478 g/mol. The summed E-state index contributed by atoms with van der Waals surface area (Å²) in [5, 5.41) is 0. The largest absolute Gasteiger partial charge is 0.457 e. The van der Waals surface area contributed by atoms with Gasteiger partial charge >= 0.3 is 0 Å². The third kappa shape index (κ3) is 3.23. The quantitative estimate of drug-likeness (QED) is 0.346. The second kappa shape index (κ2) is 7.35. The molecule has 2 aromatic rings. The van der Waals surface area contributed by atoms with E-state index in [9.17, 15) is 4.79 Å². The van der Waals surface area contributed by atoms with Crippen LogP contribution in [0.1, 0.15) is 37.9 Å². The van der Waals surface area contributed by atoms with Gasteiger partial charge in [-0.25, -0.2) is 0 Å². The van der Waals surface area contributed by atoms with Crippen LogP contribution in [0.5, 0.6) is 0 Å². The molecular formula is C24H22BrNO2S2. The highest BCUT2D eigenvalue weighted by atomic mass is 79.9. The molecule has 1 amide bonds. The lowest BCUT2D eigenvalue weighted by Crippen LogP contribution is -2.57. The highest BCUT2D eigenvalue weighted by molar-refractivity contribution is 9.10. The molecule has 1 saturated heterocycles. The number of benzene rings is 1. The molecule has 0 atom stereocenters. The van der Waals surface area contributed by atoms with Crippen LogP contribution in [0.15, 0.2) is 50.2 Å². The Balaban J connectivity index is 1.25. The molecule has 1 aliphatic heterocycles. The predicted octanol–water partition coefficient (Wildman–Crippen LogP) is 6.74. The van der Waals surface area contributed by atoms with E-state index in [0.29, 0.717) is 28.5 Å². The van der Waals surface area contributed by atoms with Gasteiger partial charge in [0.1, 0.15) is 15.8 Å². The Labute approximate surface area is 194 Å². The van der Waals surface area contributed by atoms with Gasteiger partial charge in [0, 0.05) is 22.2 Å². The van der Waals surface area contributed by atoms with Crippen molar-refractivity contribution in [2.75, 3.05) is 0 Å². The van der Waals surface area contributed by atoms with E-state index in [-0.39, 0.29) is 5.91 Å². The number of nitrogens with zero attached hydrogens (tertiary/aromatic N) is 1. The van der Waals surface area contributed by atoms with E-state index in [2.05, 4.69) is 15.9 Å². The normalized spacial score (nSPS) is 33.8. The standard InChI is InChI=1S/C24H22BrNO2S2/c25-18-3-1-15(2-4-18)20-6-5-19(28-20)12-21-23(27)26(24(29)30-21)22-16-8-13-7-14(10-16)11-17(22)9-13/h1-6,12-14,16-17,22H,7-11H2/b21-12-. The summed E-state index contributed by atoms with van der Waals surface area (Å²) in [5.41, 5.74) is 1.01. The van der Waals surface area contributed by atoms with Gasteiger partial charge in [-0.15, -0.1) is 0 Å². The fourth-order valence-corrected chi connectivity index (χ4v) is 7.97. The van der Waals surface area contributed by atoms with Gasteiger partial charge in [0.15, 0.2) is 0 Å². The van der Waals surface area contributed by atoms with Crippen LogP contribution in [0.2, 0.25) is 0 Å². The molecule has 4 saturated carbocycles. The SMILES string of the molecule is O=C1/C(=C/c2ccc(-c3ccc(Br)cc3)o2)SC(=S)N1C1C2CC3CC(C2)CC1C3. The number of hydrogen-bond donors (Lipinski definition) is 0. The first-order chi connectivity index (χ1) is 14.5. The Hall–Kier alpha value is -1.37. The van der Waals surface area contributed by atoms with E-state index in [1.807, 2.05) is 47.4 Å². The van der Waals surface area contributed by atoms with E-state index in [4.69, 9.17) is 16.6 Å². The highest BCUT2D eigenvalue weighted by Gasteiger charge is 2.53. The molecule has 5 aliphatic rings. The number of thiocarbonyl (C=S) groups is 1. The van der Waals surface area contributed by atoms with Gasteiger partial charge in [-0.3, -0.25) is 9.69 Å². The van der Waals surface area contributed by atoms with E-state index >= 15 is 0 Å². The second-order valence-electron chi connectivity index (χ2n) is 9.18. The van der Waals surface area contributed by atoms with Gasteiger partial charge < -0.3 is 4.42 Å². The van der Waals surface area contributed by atoms with Gasteiger partial charge in [0.2, 0.25) is 0 Å². The van der Waals surface area contributed by atoms with Crippen molar-refractivity contribution in [2.24, 2.45) is 23.7 Å². The topological polar surface area (TPSA) is 33.5 Å². The van der Waals surface area contributed by atoms with Crippen LogP contribution in [-0.4, -0.2) is 21.2 Å². The summed E-state index contributed by atoms with van der Waals surface area (Å²) in [4.78, 5) is 16.0. The number of carbonyl (C=O) groups is 1. The zero-order chi connectivity index (χ0) is 20.4. The van der Waals surface area contributed by atoms with Crippen molar-refractivity contribution in [1.29, 1.82) is 0 Å². The molecule has 7 rings (SSSR count). The fraction of sp³-hybridized carbons (Fsp3) is 0.417. The molecule has 5 fully saturated rings. The Bertz CT molecular complexity index is 1030. The maximum Gasteiger partial charge on any atom is 0.266 e. The summed E-state index contributed by atoms with van der Waals surface area (Å²) in [6.07, 6.45) is 8.39. The van der Waals surface area contributed by atoms with Crippen molar-refractivity contribution in [2.45, 2.75) is 38.1 Å². The van der Waals surface area contributed by atoms with E-state index in [1.54, 1.807) is 0 Å². The number of amides is 1. The molecule has 0 N–H and O–H groups in total. The summed E-state index contributed by atoms with van der Waals surface area (Å²) >= 11 is 10.6. The molecule has 154 valence electrons. The fourth-order valence-electron chi connectivity index (χ4n) is 6.38. The van der Waals surface area contributed by atoms with Crippen molar-refractivity contribution in [3.63, 3.8) is 0 Å². The number of carbonyl (C=O) groups excluding carboxylic acids is 1. The van der Waals surface area contributed by atoms with Crippen molar-refractivity contribution in [3.05, 3.63) is 51.5 Å². The molecule has 2 heterocycles. The monoisotopic (exact) mass is 499 g/mol. The first-order valence-electron chi connectivity index (χ1n) is 10.7. The minimum absolute atomic E-state index is 0.0732. The summed E-state index contributed by atoms with van der Waals surface area (Å²) in [6.45, 7) is 0. The lowest BCUT2D eigenvalue weighted by molar-refractivity contribution is -0.130. The van der Waals surface area contributed by atoms with Gasteiger partial charge in [-0.05, 0) is 80.0 Å². The molecule has 6 heteroatoms. The number of rotatable bonds is 3. The smallest absolute Gasteiger partial charge is 0.266 e. The summed E-state index contributed by atoms with van der Waals surface area (Å²) < 4.78 is 7.77. The lowest BCUT2D eigenvalue weighted by Gasteiger charge is -2.56. The summed E-state index contributed by atoms with van der Waals surface area (Å²) in [7, 11) is 0. The lowest BCUT2D eigenvalue weighted by atomic mass is 9.54. The molecule has 30 heavy (non-hydrogen) atoms. The molecule has 4 aliphatic carbocycles. The number of thioether (sulfide) groups is 1. The Morgan fingerprint density at radius 2 is 1.67 bits per heavy atom. The van der Waals surface area contributed by atoms with Crippen molar-refractivity contribution >= 4 is 56.2 Å². The van der Waals surface area contributed by atoms with Crippen LogP contribution in [0.3, 0.4) is 0 Å². The minimum atomic E-state index is 0.0732. The Morgan fingerprint density at radius 1 is 1.00 bits per heavy atom. The number of furan rings is 1. The van der Waals surface area contributed by atoms with Crippen LogP contribution >= 0.6 is 39.9 Å². The average molecular weight is 500 g/mol. The van der Waals surface area contributed by atoms with Crippen LogP contribution in [0.4, 0.5) is 0 Å². The van der Waals surface area contributed by atoms with Crippen molar-refractivity contribution in [1.82, 2.24) is 4.90 Å². The molecule has 1 aromatic carbocycles. The maximum atomic E-state index is 13.4. The first-order valence-corrected chi connectivity index (χ1v) is 12.7. The molecule has 0 radical (unpaired) electrons. The van der Waals surface area contributed by atoms with Crippen LogP contribution in [-0.2, 0) is 4.79 Å². The van der Waals surface area contributed by atoms with Gasteiger partial charge in [0.05, 0.1) is 4.91 Å². The Kier molecular flexibility index (Phi) is 4.74. The van der Waals surface area contributed by atoms with E-state index < -0.39 is 0 Å². The van der Waals surface area contributed by atoms with Gasteiger partial charge in [0.25, 0.3) is 5.91 Å². The molecule has 4 bridgehead atoms. The molecule has 3 nitrogen and oxygen atoms in total. The van der Waals surface area contributed by atoms with Crippen LogP contribution in [0, 0.1) is 23.7 Å². The van der Waals surface area contributed by atoms with Crippen LogP contribution in [0.25, 0.3) is 17.4 Å². The zero-order valence-electron chi connectivity index (χ0n) is 16.4. The molecule has 0 spiro atoms. The van der Waals surface area contributed by atoms with E-state index in [0.717, 1.165) is 32.0 Å². The molecule has 0 unspecified atom stereocenters. The van der Waals surface area contributed by atoms with Gasteiger partial charge in [-0.2, -0.15) is 0 Å². The average Bonchev–Trinajstić information content (AvgIpc) is 3.28. The number of halogens is 1. The summed E-state index contributed by atoms with van der Waals surface area (Å²) in [5.74, 6) is 4.61. The first kappa shape index (κ1) is 19.3. The Morgan fingerprint density at radius 3 is 2.33 bits per heavy atom. The highest BCUT2D eigenvalue weighted by Crippen LogP contribution is 2.56. The third-order valence-corrected chi connectivity index (χ3v) is 9.19. The zero-order valence-corrected chi connectivity index (χ0v) is 19.6. The number of hydrogen-bond acceptors (Lipinski definition) is 4. The minimum Gasteiger partial charge on any atom is -0.457 e. The second-order valence-corrected chi connectivity index (χ2v) is 11.8.